The number of hydrogen-bond acceptors (Lipinski definition) is 4. The molecule has 0 amide bonds. The lowest BCUT2D eigenvalue weighted by molar-refractivity contribution is 1.45. The summed E-state index contributed by atoms with van der Waals surface area (Å²) in [6.45, 7) is 0. The largest absolute Gasteiger partial charge is 0.351 e. The molecule has 0 aliphatic carbocycles. The Hall–Kier alpha value is -1.98. The van der Waals surface area contributed by atoms with Gasteiger partial charge < -0.3 is 15.3 Å². The van der Waals surface area contributed by atoms with Crippen LogP contribution in [0.5, 0.6) is 0 Å². The number of fused-ring (bicyclic) bond motifs is 2. The lowest BCUT2D eigenvalue weighted by Crippen LogP contribution is -1.67. The van der Waals surface area contributed by atoms with Crippen LogP contribution >= 0.6 is 22.7 Å². The fourth-order valence-corrected chi connectivity index (χ4v) is 3.63. The maximum atomic E-state index is 4.53. The van der Waals surface area contributed by atoms with Crippen molar-refractivity contribution in [1.82, 2.24) is 9.97 Å². The third kappa shape index (κ3) is 1.97. The van der Waals surface area contributed by atoms with Crippen LogP contribution in [0.3, 0.4) is 0 Å². The zero-order chi connectivity index (χ0) is 12.7. The minimum Gasteiger partial charge on any atom is -0.351 e. The van der Waals surface area contributed by atoms with E-state index < -0.39 is 0 Å². The summed E-state index contributed by atoms with van der Waals surface area (Å²) < 4.78 is 2.31. The van der Waals surface area contributed by atoms with E-state index in [9.17, 15) is 0 Å². The molecule has 3 nitrogen and oxygen atoms in total. The van der Waals surface area contributed by atoms with Gasteiger partial charge in [0.2, 0.25) is 0 Å². The SMILES string of the molecule is c1ccc2sc([N-]c3nc4ccccc4s3)nc2c1. The van der Waals surface area contributed by atoms with Crippen LogP contribution in [0.4, 0.5) is 10.3 Å². The first-order chi connectivity index (χ1) is 9.38. The fraction of sp³-hybridized carbons (Fsp3) is 0. The summed E-state index contributed by atoms with van der Waals surface area (Å²) in [6, 6.07) is 16.1. The number of aromatic nitrogens is 2. The third-order valence-corrected chi connectivity index (χ3v) is 4.62. The van der Waals surface area contributed by atoms with Crippen LogP contribution in [0.25, 0.3) is 25.8 Å². The standard InChI is InChI=1S/C14H8N3S2/c1-3-7-11-9(5-1)15-13(18-11)17-14-16-10-6-2-4-8-12(10)19-14/h1-8H/q-1. The summed E-state index contributed by atoms with van der Waals surface area (Å²) in [5.41, 5.74) is 1.99. The van der Waals surface area contributed by atoms with Crippen LogP contribution in [0.15, 0.2) is 48.5 Å². The fourth-order valence-electron chi connectivity index (χ4n) is 1.90. The van der Waals surface area contributed by atoms with E-state index in [4.69, 9.17) is 0 Å². The average molecular weight is 282 g/mol. The van der Waals surface area contributed by atoms with Crippen molar-refractivity contribution in [2.45, 2.75) is 0 Å². The molecular weight excluding hydrogens is 274 g/mol. The predicted molar refractivity (Wildman–Crippen MR) is 81.9 cm³/mol. The van der Waals surface area contributed by atoms with Crippen LogP contribution in [0.1, 0.15) is 0 Å². The van der Waals surface area contributed by atoms with Gasteiger partial charge in [-0.2, -0.15) is 0 Å². The highest BCUT2D eigenvalue weighted by Crippen LogP contribution is 2.40. The van der Waals surface area contributed by atoms with Crippen molar-refractivity contribution in [3.05, 3.63) is 53.8 Å². The van der Waals surface area contributed by atoms with Crippen LogP contribution in [-0.4, -0.2) is 9.97 Å². The summed E-state index contributed by atoms with van der Waals surface area (Å²) in [6.07, 6.45) is 0. The molecule has 4 aromatic rings. The Morgan fingerprint density at radius 3 is 1.63 bits per heavy atom. The van der Waals surface area contributed by atoms with E-state index in [1.807, 2.05) is 36.4 Å². The van der Waals surface area contributed by atoms with Crippen molar-refractivity contribution in [1.29, 1.82) is 0 Å². The molecular formula is C14H8N3S2-. The van der Waals surface area contributed by atoms with Gasteiger partial charge in [0, 0.05) is 20.4 Å². The summed E-state index contributed by atoms with van der Waals surface area (Å²) in [7, 11) is 0. The second kappa shape index (κ2) is 4.29. The molecule has 4 rings (SSSR count). The molecule has 2 aromatic heterocycles. The Morgan fingerprint density at radius 2 is 1.16 bits per heavy atom. The van der Waals surface area contributed by atoms with Gasteiger partial charge in [0.15, 0.2) is 0 Å². The summed E-state index contributed by atoms with van der Waals surface area (Å²) in [5.74, 6) is 0. The maximum Gasteiger partial charge on any atom is 0.0676 e. The monoisotopic (exact) mass is 282 g/mol. The molecule has 2 heterocycles. The molecule has 0 fully saturated rings. The molecule has 2 aromatic carbocycles. The number of benzene rings is 2. The molecule has 0 N–H and O–H groups in total. The zero-order valence-electron chi connectivity index (χ0n) is 9.78. The Kier molecular flexibility index (Phi) is 2.46. The molecule has 0 atom stereocenters. The predicted octanol–water partition coefficient (Wildman–Crippen LogP) is 5.24. The van der Waals surface area contributed by atoms with Crippen molar-refractivity contribution in [3.63, 3.8) is 0 Å². The van der Waals surface area contributed by atoms with Gasteiger partial charge in [0.05, 0.1) is 10.3 Å². The quantitative estimate of drug-likeness (QED) is 0.504. The molecule has 92 valence electrons. The van der Waals surface area contributed by atoms with E-state index in [-0.39, 0.29) is 0 Å². The normalized spacial score (nSPS) is 11.2. The Morgan fingerprint density at radius 1 is 0.684 bits per heavy atom. The van der Waals surface area contributed by atoms with Gasteiger partial charge >= 0.3 is 0 Å². The zero-order valence-corrected chi connectivity index (χ0v) is 11.4. The molecule has 0 spiro atoms. The lowest BCUT2D eigenvalue weighted by atomic mass is 10.3. The van der Waals surface area contributed by atoms with Gasteiger partial charge in [0.25, 0.3) is 0 Å². The molecule has 0 aliphatic heterocycles. The highest BCUT2D eigenvalue weighted by molar-refractivity contribution is 7.24. The second-order valence-electron chi connectivity index (χ2n) is 4.04. The van der Waals surface area contributed by atoms with Gasteiger partial charge in [-0.15, -0.1) is 22.7 Å². The number of thiazole rings is 2. The molecule has 5 heteroatoms. The van der Waals surface area contributed by atoms with Gasteiger partial charge in [-0.25, -0.2) is 0 Å². The topological polar surface area (TPSA) is 39.9 Å². The van der Waals surface area contributed by atoms with Crippen LogP contribution in [0.2, 0.25) is 0 Å². The molecule has 19 heavy (non-hydrogen) atoms. The Balaban J connectivity index is 1.73. The first-order valence-corrected chi connectivity index (χ1v) is 7.45. The third-order valence-electron chi connectivity index (χ3n) is 2.76. The highest BCUT2D eigenvalue weighted by atomic mass is 32.1. The summed E-state index contributed by atoms with van der Waals surface area (Å²) >= 11 is 3.18. The lowest BCUT2D eigenvalue weighted by Gasteiger charge is -2.02. The Labute approximate surface area is 117 Å². The minimum absolute atomic E-state index is 0.764. The van der Waals surface area contributed by atoms with Crippen LogP contribution < -0.4 is 0 Å². The molecule has 0 saturated heterocycles. The summed E-state index contributed by atoms with van der Waals surface area (Å²) in [5, 5.41) is 6.06. The smallest absolute Gasteiger partial charge is 0.0676 e. The van der Waals surface area contributed by atoms with Gasteiger partial charge in [0.1, 0.15) is 0 Å². The van der Waals surface area contributed by atoms with Gasteiger partial charge in [-0.05, 0) is 12.1 Å². The van der Waals surface area contributed by atoms with Crippen molar-refractivity contribution >= 4 is 53.4 Å². The van der Waals surface area contributed by atoms with E-state index in [0.717, 1.165) is 30.7 Å². The number of hydrogen-bond donors (Lipinski definition) is 0. The van der Waals surface area contributed by atoms with Crippen molar-refractivity contribution < 1.29 is 0 Å². The molecule has 0 saturated carbocycles. The summed E-state index contributed by atoms with van der Waals surface area (Å²) in [4.78, 5) is 8.99. The average Bonchev–Trinajstić information content (AvgIpc) is 3.00. The van der Waals surface area contributed by atoms with Crippen molar-refractivity contribution in [2.75, 3.05) is 0 Å². The van der Waals surface area contributed by atoms with Gasteiger partial charge in [-0.1, -0.05) is 36.4 Å². The minimum atomic E-state index is 0.764. The van der Waals surface area contributed by atoms with E-state index in [1.165, 1.54) is 0 Å². The molecule has 0 aliphatic rings. The van der Waals surface area contributed by atoms with Crippen molar-refractivity contribution in [3.8, 4) is 0 Å². The highest BCUT2D eigenvalue weighted by Gasteiger charge is 2.00. The van der Waals surface area contributed by atoms with E-state index in [2.05, 4.69) is 27.4 Å². The van der Waals surface area contributed by atoms with E-state index >= 15 is 0 Å². The molecule has 0 radical (unpaired) electrons. The van der Waals surface area contributed by atoms with Crippen LogP contribution in [0, 0.1) is 0 Å². The number of rotatable bonds is 2. The first kappa shape index (κ1) is 10.9. The Bertz CT molecular complexity index is 725. The van der Waals surface area contributed by atoms with E-state index in [1.54, 1.807) is 22.7 Å². The molecule has 0 unspecified atom stereocenters. The number of nitrogens with zero attached hydrogens (tertiary/aromatic N) is 3. The maximum absolute atomic E-state index is 4.53. The van der Waals surface area contributed by atoms with Crippen LogP contribution in [-0.2, 0) is 0 Å². The number of para-hydroxylation sites is 2. The molecule has 0 bridgehead atoms. The second-order valence-corrected chi connectivity index (χ2v) is 6.06. The van der Waals surface area contributed by atoms with E-state index in [0.29, 0.717) is 0 Å². The van der Waals surface area contributed by atoms with Gasteiger partial charge in [-0.3, -0.25) is 0 Å². The first-order valence-electron chi connectivity index (χ1n) is 5.81. The van der Waals surface area contributed by atoms with Crippen molar-refractivity contribution in [2.24, 2.45) is 0 Å².